The fourth-order valence-electron chi connectivity index (χ4n) is 5.19. The number of aryl methyl sites for hydroxylation is 2. The van der Waals surface area contributed by atoms with Crippen LogP contribution in [0.4, 0.5) is 17.3 Å². The van der Waals surface area contributed by atoms with Gasteiger partial charge >= 0.3 is 0 Å². The molecule has 1 N–H and O–H groups in total. The molecule has 0 unspecified atom stereocenters. The molecule has 0 atom stereocenters. The molecule has 1 aliphatic heterocycles. The Hall–Kier alpha value is -4.43. The third-order valence-corrected chi connectivity index (χ3v) is 7.50. The summed E-state index contributed by atoms with van der Waals surface area (Å²) in [4.78, 5) is 27.6. The van der Waals surface area contributed by atoms with Crippen LogP contribution >= 0.6 is 0 Å². The molecule has 0 aliphatic carbocycles. The van der Waals surface area contributed by atoms with E-state index in [9.17, 15) is 4.79 Å². The molecule has 0 spiro atoms. The number of pyridine rings is 1. The van der Waals surface area contributed by atoms with Crippen molar-refractivity contribution in [3.05, 3.63) is 89.6 Å². The second kappa shape index (κ2) is 10.4. The molecule has 5 aromatic rings. The number of nitrogens with one attached hydrogen (secondary N) is 1. The highest BCUT2D eigenvalue weighted by Crippen LogP contribution is 2.26. The fraction of sp³-hybridized carbons (Fsp3) is 0.258. The van der Waals surface area contributed by atoms with Crippen LogP contribution in [0.2, 0.25) is 0 Å². The van der Waals surface area contributed by atoms with Gasteiger partial charge in [0, 0.05) is 80.7 Å². The lowest BCUT2D eigenvalue weighted by Crippen LogP contribution is -2.44. The van der Waals surface area contributed by atoms with E-state index in [1.54, 1.807) is 10.8 Å². The van der Waals surface area contributed by atoms with Gasteiger partial charge in [-0.3, -0.25) is 9.36 Å². The Morgan fingerprint density at radius 3 is 2.26 bits per heavy atom. The van der Waals surface area contributed by atoms with Crippen molar-refractivity contribution in [2.45, 2.75) is 13.5 Å². The first-order chi connectivity index (χ1) is 19.0. The van der Waals surface area contributed by atoms with Crippen molar-refractivity contribution in [2.75, 3.05) is 43.4 Å². The predicted octanol–water partition coefficient (Wildman–Crippen LogP) is 4.98. The molecule has 0 amide bonds. The third-order valence-electron chi connectivity index (χ3n) is 7.50. The van der Waals surface area contributed by atoms with Gasteiger partial charge in [-0.1, -0.05) is 24.3 Å². The Balaban J connectivity index is 1.26. The van der Waals surface area contributed by atoms with Crippen LogP contribution in [-0.2, 0) is 13.6 Å². The highest BCUT2D eigenvalue weighted by Gasteiger charge is 2.15. The lowest BCUT2D eigenvalue weighted by atomic mass is 10.0. The highest BCUT2D eigenvalue weighted by molar-refractivity contribution is 5.82. The van der Waals surface area contributed by atoms with Gasteiger partial charge in [-0.25, -0.2) is 4.98 Å². The Bertz CT molecular complexity index is 1660. The molecule has 0 radical (unpaired) electrons. The maximum absolute atomic E-state index is 13.5. The normalized spacial score (nSPS) is 14.2. The molecule has 4 heterocycles. The van der Waals surface area contributed by atoms with Crippen LogP contribution in [0.3, 0.4) is 0 Å². The van der Waals surface area contributed by atoms with Crippen molar-refractivity contribution >= 4 is 28.4 Å². The number of nitrogens with zero attached hydrogens (tertiary/aromatic N) is 6. The number of aromatic nitrogens is 4. The number of anilines is 3. The standard InChI is InChI=1S/C31H33N7O/c1-4-38-29-25(19-28(30(38)39)23-7-5-22(6-8-23)24-13-14-36(3)21-24)20-32-31(34-29)33-26-9-11-27(12-10-26)37-17-15-35(2)16-18-37/h5-14,19-21H,4,15-18H2,1-3H3,(H,32,33,34). The number of benzene rings is 2. The van der Waals surface area contributed by atoms with Crippen molar-refractivity contribution < 1.29 is 0 Å². The molecule has 6 rings (SSSR count). The summed E-state index contributed by atoms with van der Waals surface area (Å²) in [7, 11) is 4.17. The molecule has 198 valence electrons. The maximum atomic E-state index is 13.5. The average molecular weight is 520 g/mol. The molecule has 2 aromatic carbocycles. The molecule has 0 bridgehead atoms. The van der Waals surface area contributed by atoms with Gasteiger partial charge in [0.25, 0.3) is 5.56 Å². The minimum atomic E-state index is -0.0568. The van der Waals surface area contributed by atoms with Crippen LogP contribution in [-0.4, -0.2) is 57.2 Å². The Morgan fingerprint density at radius 2 is 1.59 bits per heavy atom. The van der Waals surface area contributed by atoms with Crippen LogP contribution in [0.25, 0.3) is 33.3 Å². The summed E-state index contributed by atoms with van der Waals surface area (Å²) < 4.78 is 3.75. The van der Waals surface area contributed by atoms with Gasteiger partial charge in [-0.15, -0.1) is 0 Å². The van der Waals surface area contributed by atoms with Crippen LogP contribution in [0.15, 0.2) is 84.0 Å². The Morgan fingerprint density at radius 1 is 0.872 bits per heavy atom. The van der Waals surface area contributed by atoms with Crippen molar-refractivity contribution in [1.29, 1.82) is 0 Å². The molecule has 1 fully saturated rings. The lowest BCUT2D eigenvalue weighted by Gasteiger charge is -2.34. The third kappa shape index (κ3) is 5.03. The molecule has 39 heavy (non-hydrogen) atoms. The number of rotatable bonds is 6. The highest BCUT2D eigenvalue weighted by atomic mass is 16.1. The van der Waals surface area contributed by atoms with Crippen LogP contribution in [0.5, 0.6) is 0 Å². The van der Waals surface area contributed by atoms with Gasteiger partial charge in [-0.2, -0.15) is 4.98 Å². The first-order valence-electron chi connectivity index (χ1n) is 13.4. The molecule has 0 saturated carbocycles. The van der Waals surface area contributed by atoms with E-state index in [-0.39, 0.29) is 5.56 Å². The molecular weight excluding hydrogens is 486 g/mol. The van der Waals surface area contributed by atoms with Gasteiger partial charge in [0.05, 0.1) is 0 Å². The summed E-state index contributed by atoms with van der Waals surface area (Å²) in [6, 6.07) is 20.5. The van der Waals surface area contributed by atoms with Crippen molar-refractivity contribution in [1.82, 2.24) is 24.0 Å². The summed E-state index contributed by atoms with van der Waals surface area (Å²) in [5.41, 5.74) is 6.49. The zero-order valence-corrected chi connectivity index (χ0v) is 22.6. The molecule has 8 heteroatoms. The Labute approximate surface area is 228 Å². The van der Waals surface area contributed by atoms with Crippen LogP contribution < -0.4 is 15.8 Å². The first kappa shape index (κ1) is 24.9. The average Bonchev–Trinajstić information content (AvgIpc) is 3.40. The van der Waals surface area contributed by atoms with E-state index in [2.05, 4.69) is 75.8 Å². The maximum Gasteiger partial charge on any atom is 0.260 e. The summed E-state index contributed by atoms with van der Waals surface area (Å²) >= 11 is 0. The number of piperazine rings is 1. The monoisotopic (exact) mass is 519 g/mol. The van der Waals surface area contributed by atoms with E-state index in [0.717, 1.165) is 53.9 Å². The summed E-state index contributed by atoms with van der Waals surface area (Å²) in [6.45, 7) is 6.70. The van der Waals surface area contributed by atoms with Gasteiger partial charge in [0.2, 0.25) is 5.95 Å². The quantitative estimate of drug-likeness (QED) is 0.341. The topological polar surface area (TPSA) is 71.2 Å². The largest absolute Gasteiger partial charge is 0.369 e. The van der Waals surface area contributed by atoms with E-state index in [1.165, 1.54) is 5.69 Å². The van der Waals surface area contributed by atoms with Gasteiger partial charge in [0.1, 0.15) is 5.65 Å². The van der Waals surface area contributed by atoms with Gasteiger partial charge in [0.15, 0.2) is 0 Å². The van der Waals surface area contributed by atoms with E-state index < -0.39 is 0 Å². The predicted molar refractivity (Wildman–Crippen MR) is 159 cm³/mol. The number of fused-ring (bicyclic) bond motifs is 1. The van der Waals surface area contributed by atoms with E-state index in [0.29, 0.717) is 23.7 Å². The van der Waals surface area contributed by atoms with Crippen LogP contribution in [0, 0.1) is 0 Å². The molecular formula is C31H33N7O. The molecule has 3 aromatic heterocycles. The number of hydrogen-bond acceptors (Lipinski definition) is 6. The van der Waals surface area contributed by atoms with Crippen molar-refractivity contribution in [3.8, 4) is 22.3 Å². The van der Waals surface area contributed by atoms with Crippen LogP contribution in [0.1, 0.15) is 6.92 Å². The van der Waals surface area contributed by atoms with Gasteiger partial charge < -0.3 is 19.7 Å². The summed E-state index contributed by atoms with van der Waals surface area (Å²) in [6.07, 6.45) is 5.90. The zero-order valence-electron chi connectivity index (χ0n) is 22.6. The first-order valence-corrected chi connectivity index (χ1v) is 13.4. The minimum absolute atomic E-state index is 0.0568. The van der Waals surface area contributed by atoms with Crippen molar-refractivity contribution in [2.24, 2.45) is 7.05 Å². The minimum Gasteiger partial charge on any atom is -0.369 e. The molecule has 1 aliphatic rings. The van der Waals surface area contributed by atoms with E-state index in [1.807, 2.05) is 42.9 Å². The van der Waals surface area contributed by atoms with E-state index >= 15 is 0 Å². The molecule has 1 saturated heterocycles. The lowest BCUT2D eigenvalue weighted by molar-refractivity contribution is 0.313. The van der Waals surface area contributed by atoms with E-state index in [4.69, 9.17) is 4.98 Å². The second-order valence-electron chi connectivity index (χ2n) is 10.2. The smallest absolute Gasteiger partial charge is 0.260 e. The van der Waals surface area contributed by atoms with Crippen molar-refractivity contribution in [3.63, 3.8) is 0 Å². The Kier molecular flexibility index (Phi) is 6.62. The number of hydrogen-bond donors (Lipinski definition) is 1. The van der Waals surface area contributed by atoms with Gasteiger partial charge in [-0.05, 0) is 67.1 Å². The number of likely N-dealkylation sites (N-methyl/N-ethyl adjacent to an activating group) is 1. The zero-order chi connectivity index (χ0) is 26.9. The summed E-state index contributed by atoms with van der Waals surface area (Å²) in [5.74, 6) is 0.469. The fourth-order valence-corrected chi connectivity index (χ4v) is 5.19. The summed E-state index contributed by atoms with van der Waals surface area (Å²) in [5, 5.41) is 4.14. The molecule has 8 nitrogen and oxygen atoms in total. The second-order valence-corrected chi connectivity index (χ2v) is 10.2. The SMILES string of the molecule is CCn1c(=O)c(-c2ccc(-c3ccn(C)c3)cc2)cc2cnc(Nc3ccc(N4CCN(C)CC4)cc3)nc21.